The standard InChI is InChI=1S/C26H23BrN2O5S/c27-20-8-13-25(34-16-14-19-5-2-1-3-6-19)24(17-20)26(30)29-21-9-11-23(12-10-21)35(31,32)28-18-22-7-4-15-33-22/h1-13,15,17,28H,14,16,18H2,(H,29,30). The molecule has 4 rings (SSSR count). The molecule has 3 aromatic carbocycles. The highest BCUT2D eigenvalue weighted by Crippen LogP contribution is 2.25. The summed E-state index contributed by atoms with van der Waals surface area (Å²) >= 11 is 3.40. The lowest BCUT2D eigenvalue weighted by molar-refractivity contribution is 0.102. The summed E-state index contributed by atoms with van der Waals surface area (Å²) in [6.45, 7) is 0.466. The van der Waals surface area contributed by atoms with Crippen molar-refractivity contribution in [2.45, 2.75) is 17.9 Å². The zero-order valence-corrected chi connectivity index (χ0v) is 21.0. The number of furan rings is 1. The second kappa shape index (κ2) is 11.4. The number of carbonyl (C=O) groups excluding carboxylic acids is 1. The van der Waals surface area contributed by atoms with Gasteiger partial charge in [0.25, 0.3) is 5.91 Å². The Morgan fingerprint density at radius 1 is 0.943 bits per heavy atom. The zero-order chi connectivity index (χ0) is 24.7. The van der Waals surface area contributed by atoms with Crippen LogP contribution in [0.15, 0.2) is 105 Å². The van der Waals surface area contributed by atoms with Crippen LogP contribution < -0.4 is 14.8 Å². The van der Waals surface area contributed by atoms with Crippen LogP contribution in [0, 0.1) is 0 Å². The Hall–Kier alpha value is -3.40. The highest BCUT2D eigenvalue weighted by molar-refractivity contribution is 9.10. The van der Waals surface area contributed by atoms with Gasteiger partial charge >= 0.3 is 0 Å². The van der Waals surface area contributed by atoms with E-state index in [1.54, 1.807) is 24.3 Å². The van der Waals surface area contributed by atoms with Gasteiger partial charge in [0.1, 0.15) is 11.5 Å². The minimum atomic E-state index is -3.73. The van der Waals surface area contributed by atoms with Crippen molar-refractivity contribution in [1.82, 2.24) is 4.72 Å². The maximum absolute atomic E-state index is 13.0. The topological polar surface area (TPSA) is 97.6 Å². The fraction of sp³-hybridized carbons (Fsp3) is 0.115. The summed E-state index contributed by atoms with van der Waals surface area (Å²) in [5.74, 6) is 0.601. The third-order valence-electron chi connectivity index (χ3n) is 5.12. The van der Waals surface area contributed by atoms with Gasteiger partial charge in [-0.25, -0.2) is 13.1 Å². The molecule has 0 saturated carbocycles. The summed E-state index contributed by atoms with van der Waals surface area (Å²) in [4.78, 5) is 13.1. The first-order valence-corrected chi connectivity index (χ1v) is 13.1. The molecule has 0 bridgehead atoms. The number of sulfonamides is 1. The Labute approximate surface area is 212 Å². The van der Waals surface area contributed by atoms with Gasteiger partial charge in [0.2, 0.25) is 10.0 Å². The Bertz CT molecular complexity index is 1370. The highest BCUT2D eigenvalue weighted by atomic mass is 79.9. The Morgan fingerprint density at radius 3 is 2.43 bits per heavy atom. The molecule has 1 aromatic heterocycles. The van der Waals surface area contributed by atoms with E-state index < -0.39 is 10.0 Å². The van der Waals surface area contributed by atoms with Gasteiger partial charge in [-0.15, -0.1) is 0 Å². The van der Waals surface area contributed by atoms with E-state index in [4.69, 9.17) is 9.15 Å². The number of benzene rings is 3. The number of amides is 1. The maximum atomic E-state index is 13.0. The lowest BCUT2D eigenvalue weighted by Crippen LogP contribution is -2.23. The largest absolute Gasteiger partial charge is 0.492 e. The molecule has 7 nitrogen and oxygen atoms in total. The fourth-order valence-corrected chi connectivity index (χ4v) is 4.66. The molecule has 1 amide bonds. The quantitative estimate of drug-likeness (QED) is 0.273. The van der Waals surface area contributed by atoms with Gasteiger partial charge in [0, 0.05) is 16.6 Å². The van der Waals surface area contributed by atoms with Gasteiger partial charge in [0.15, 0.2) is 0 Å². The SMILES string of the molecule is O=C(Nc1ccc(S(=O)(=O)NCc2ccco2)cc1)c1cc(Br)ccc1OCCc1ccccc1. The lowest BCUT2D eigenvalue weighted by Gasteiger charge is -2.13. The maximum Gasteiger partial charge on any atom is 0.259 e. The molecular weight excluding hydrogens is 532 g/mol. The number of hydrogen-bond acceptors (Lipinski definition) is 5. The van der Waals surface area contributed by atoms with E-state index in [1.807, 2.05) is 36.4 Å². The summed E-state index contributed by atoms with van der Waals surface area (Å²) in [7, 11) is -3.73. The predicted molar refractivity (Wildman–Crippen MR) is 137 cm³/mol. The number of rotatable bonds is 10. The molecule has 0 aliphatic rings. The van der Waals surface area contributed by atoms with Crippen molar-refractivity contribution in [3.05, 3.63) is 113 Å². The zero-order valence-electron chi connectivity index (χ0n) is 18.6. The normalized spacial score (nSPS) is 11.2. The molecule has 1 heterocycles. The summed E-state index contributed by atoms with van der Waals surface area (Å²) in [6.07, 6.45) is 2.19. The van der Waals surface area contributed by atoms with Gasteiger partial charge in [-0.2, -0.15) is 0 Å². The second-order valence-electron chi connectivity index (χ2n) is 7.61. The molecule has 0 unspecified atom stereocenters. The minimum absolute atomic E-state index is 0.0454. The Balaban J connectivity index is 1.40. The van der Waals surface area contributed by atoms with Crippen LogP contribution in [0.25, 0.3) is 0 Å². The summed E-state index contributed by atoms with van der Waals surface area (Å²) in [5, 5.41) is 2.80. The number of halogens is 1. The van der Waals surface area contributed by atoms with Gasteiger partial charge in [-0.05, 0) is 60.2 Å². The predicted octanol–water partition coefficient (Wildman–Crippen LogP) is 5.39. The van der Waals surface area contributed by atoms with Crippen LogP contribution in [0.2, 0.25) is 0 Å². The van der Waals surface area contributed by atoms with E-state index in [9.17, 15) is 13.2 Å². The van der Waals surface area contributed by atoms with E-state index in [2.05, 4.69) is 26.0 Å². The van der Waals surface area contributed by atoms with E-state index in [1.165, 1.54) is 30.5 Å². The van der Waals surface area contributed by atoms with E-state index in [0.29, 0.717) is 35.8 Å². The van der Waals surface area contributed by atoms with Crippen LogP contribution in [0.3, 0.4) is 0 Å². The lowest BCUT2D eigenvalue weighted by atomic mass is 10.1. The molecular formula is C26H23BrN2O5S. The molecule has 35 heavy (non-hydrogen) atoms. The van der Waals surface area contributed by atoms with Crippen molar-refractivity contribution in [3.8, 4) is 5.75 Å². The molecule has 0 saturated heterocycles. The molecule has 0 aliphatic carbocycles. The number of ether oxygens (including phenoxy) is 1. The smallest absolute Gasteiger partial charge is 0.259 e. The highest BCUT2D eigenvalue weighted by Gasteiger charge is 2.17. The van der Waals surface area contributed by atoms with E-state index in [-0.39, 0.29) is 17.3 Å². The molecule has 0 atom stereocenters. The number of hydrogen-bond donors (Lipinski definition) is 2. The van der Waals surface area contributed by atoms with Crippen LogP contribution in [0.5, 0.6) is 5.75 Å². The molecule has 9 heteroatoms. The molecule has 0 spiro atoms. The van der Waals surface area contributed by atoms with Crippen LogP contribution in [-0.2, 0) is 23.0 Å². The van der Waals surface area contributed by atoms with Crippen molar-refractivity contribution < 1.29 is 22.4 Å². The van der Waals surface area contributed by atoms with Crippen molar-refractivity contribution in [2.24, 2.45) is 0 Å². The van der Waals surface area contributed by atoms with Crippen LogP contribution in [0.4, 0.5) is 5.69 Å². The van der Waals surface area contributed by atoms with E-state index >= 15 is 0 Å². The first-order valence-electron chi connectivity index (χ1n) is 10.8. The second-order valence-corrected chi connectivity index (χ2v) is 10.3. The van der Waals surface area contributed by atoms with E-state index in [0.717, 1.165) is 10.0 Å². The van der Waals surface area contributed by atoms with Crippen LogP contribution >= 0.6 is 15.9 Å². The van der Waals surface area contributed by atoms with Crippen molar-refractivity contribution >= 4 is 37.5 Å². The summed E-state index contributed by atoms with van der Waals surface area (Å²) in [6, 6.07) is 24.5. The van der Waals surface area contributed by atoms with Crippen LogP contribution in [0.1, 0.15) is 21.7 Å². The van der Waals surface area contributed by atoms with Crippen LogP contribution in [-0.4, -0.2) is 20.9 Å². The summed E-state index contributed by atoms with van der Waals surface area (Å²) < 4.78 is 39.3. The van der Waals surface area contributed by atoms with Gasteiger partial charge < -0.3 is 14.5 Å². The first kappa shape index (κ1) is 24.7. The first-order chi connectivity index (χ1) is 16.9. The van der Waals surface area contributed by atoms with Gasteiger partial charge in [-0.1, -0.05) is 46.3 Å². The number of carbonyl (C=O) groups is 1. The number of nitrogens with one attached hydrogen (secondary N) is 2. The third kappa shape index (κ3) is 6.82. The monoisotopic (exact) mass is 554 g/mol. The Kier molecular flexibility index (Phi) is 8.02. The molecule has 4 aromatic rings. The fourth-order valence-electron chi connectivity index (χ4n) is 3.31. The molecule has 180 valence electrons. The minimum Gasteiger partial charge on any atom is -0.492 e. The Morgan fingerprint density at radius 2 is 1.71 bits per heavy atom. The molecule has 0 fully saturated rings. The average molecular weight is 555 g/mol. The third-order valence-corrected chi connectivity index (χ3v) is 7.03. The van der Waals surface area contributed by atoms with Crippen molar-refractivity contribution in [3.63, 3.8) is 0 Å². The number of anilines is 1. The van der Waals surface area contributed by atoms with Crippen molar-refractivity contribution in [2.75, 3.05) is 11.9 Å². The van der Waals surface area contributed by atoms with Gasteiger partial charge in [0.05, 0.1) is 29.9 Å². The van der Waals surface area contributed by atoms with Gasteiger partial charge in [-0.3, -0.25) is 4.79 Å². The average Bonchev–Trinajstić information content (AvgIpc) is 3.39. The molecule has 2 N–H and O–H groups in total. The van der Waals surface area contributed by atoms with Crippen molar-refractivity contribution in [1.29, 1.82) is 0 Å². The molecule has 0 aliphatic heterocycles. The summed E-state index contributed by atoms with van der Waals surface area (Å²) in [5.41, 5.74) is 1.96. The molecule has 0 radical (unpaired) electrons.